The van der Waals surface area contributed by atoms with Crippen molar-refractivity contribution >= 4 is 5.91 Å². The molecule has 104 valence electrons. The van der Waals surface area contributed by atoms with Crippen LogP contribution < -0.4 is 0 Å². The summed E-state index contributed by atoms with van der Waals surface area (Å²) in [6.07, 6.45) is 0. The quantitative estimate of drug-likeness (QED) is 0.756. The molecule has 0 atom stereocenters. The van der Waals surface area contributed by atoms with E-state index in [0.29, 0.717) is 13.2 Å². The third kappa shape index (κ3) is 3.06. The topological polar surface area (TPSA) is 29.5 Å². The highest BCUT2D eigenvalue weighted by atomic mass is 16.5. The van der Waals surface area contributed by atoms with Crippen LogP contribution >= 0.6 is 0 Å². The van der Waals surface area contributed by atoms with Crippen molar-refractivity contribution in [1.29, 1.82) is 0 Å². The summed E-state index contributed by atoms with van der Waals surface area (Å²) in [5.74, 6) is 1.46. The first-order valence-electron chi connectivity index (χ1n) is 6.85. The largest absolute Gasteiger partial charge is 0.495 e. The number of carbonyl (C=O) groups is 1. The average molecular weight is 253 g/mol. The predicted molar refractivity (Wildman–Crippen MR) is 74.1 cm³/mol. The average Bonchev–Trinajstić information content (AvgIpc) is 2.35. The molecule has 0 fully saturated rings. The summed E-state index contributed by atoms with van der Waals surface area (Å²) in [6, 6.07) is 0. The van der Waals surface area contributed by atoms with E-state index >= 15 is 0 Å². The van der Waals surface area contributed by atoms with E-state index < -0.39 is 0 Å². The van der Waals surface area contributed by atoms with Crippen molar-refractivity contribution in [2.75, 3.05) is 13.2 Å². The molecule has 18 heavy (non-hydrogen) atoms. The monoisotopic (exact) mass is 253 g/mol. The van der Waals surface area contributed by atoms with Gasteiger partial charge in [0.05, 0.1) is 12.1 Å². The number of amides is 1. The van der Waals surface area contributed by atoms with Crippen molar-refractivity contribution in [3.63, 3.8) is 0 Å². The Morgan fingerprint density at radius 3 is 2.06 bits per heavy atom. The number of nitrogens with zero attached hydrogens (tertiary/aromatic N) is 1. The van der Waals surface area contributed by atoms with E-state index in [4.69, 9.17) is 4.74 Å². The van der Waals surface area contributed by atoms with Gasteiger partial charge < -0.3 is 9.64 Å². The van der Waals surface area contributed by atoms with Crippen LogP contribution in [0.5, 0.6) is 0 Å². The first kappa shape index (κ1) is 15.1. The molecule has 3 nitrogen and oxygen atoms in total. The summed E-state index contributed by atoms with van der Waals surface area (Å²) in [7, 11) is 0. The van der Waals surface area contributed by atoms with E-state index in [1.165, 1.54) is 0 Å². The van der Waals surface area contributed by atoms with Gasteiger partial charge in [0.2, 0.25) is 0 Å². The van der Waals surface area contributed by atoms with Crippen molar-refractivity contribution in [2.45, 2.75) is 54.0 Å². The molecule has 1 amide bonds. The molecule has 0 radical (unpaired) electrons. The van der Waals surface area contributed by atoms with Crippen molar-refractivity contribution in [2.24, 2.45) is 11.8 Å². The van der Waals surface area contributed by atoms with Gasteiger partial charge in [-0.2, -0.15) is 0 Å². The second-order valence-electron chi connectivity index (χ2n) is 6.56. The van der Waals surface area contributed by atoms with Gasteiger partial charge in [0.15, 0.2) is 0 Å². The van der Waals surface area contributed by atoms with E-state index in [0.717, 1.165) is 11.3 Å². The van der Waals surface area contributed by atoms with Crippen LogP contribution in [0.2, 0.25) is 0 Å². The highest BCUT2D eigenvalue weighted by Gasteiger charge is 2.34. The third-order valence-corrected chi connectivity index (χ3v) is 3.22. The Balaban J connectivity index is 3.24. The summed E-state index contributed by atoms with van der Waals surface area (Å²) in [5.41, 5.74) is 0.685. The lowest BCUT2D eigenvalue weighted by atomic mass is 9.94. The summed E-state index contributed by atoms with van der Waals surface area (Å²) in [6.45, 7) is 15.8. The second kappa shape index (κ2) is 5.33. The Morgan fingerprint density at radius 2 is 1.67 bits per heavy atom. The molecule has 1 aliphatic rings. The normalized spacial score (nSPS) is 18.5. The van der Waals surface area contributed by atoms with Gasteiger partial charge in [0, 0.05) is 11.5 Å². The zero-order chi connectivity index (χ0) is 14.1. The van der Waals surface area contributed by atoms with Gasteiger partial charge in [-0.15, -0.1) is 0 Å². The fourth-order valence-electron chi connectivity index (χ4n) is 2.33. The fourth-order valence-corrected chi connectivity index (χ4v) is 2.33. The number of allylic oxidation sites excluding steroid dienone is 1. The van der Waals surface area contributed by atoms with Gasteiger partial charge in [-0.05, 0) is 26.7 Å². The van der Waals surface area contributed by atoms with Gasteiger partial charge >= 0.3 is 0 Å². The maximum Gasteiger partial charge on any atom is 0.253 e. The SMILES string of the molecule is CC(C)C1=C(C(C)C)C(=O)N(C(C)(C)C)CCO1. The minimum atomic E-state index is -0.160. The Labute approximate surface area is 111 Å². The number of rotatable bonds is 2. The van der Waals surface area contributed by atoms with Gasteiger partial charge in [0.1, 0.15) is 12.4 Å². The molecule has 0 saturated heterocycles. The van der Waals surface area contributed by atoms with Gasteiger partial charge in [-0.25, -0.2) is 0 Å². The molecule has 0 aromatic carbocycles. The van der Waals surface area contributed by atoms with E-state index in [1.54, 1.807) is 0 Å². The number of carbonyl (C=O) groups excluding carboxylic acids is 1. The lowest BCUT2D eigenvalue weighted by Crippen LogP contribution is -2.47. The summed E-state index contributed by atoms with van der Waals surface area (Å²) >= 11 is 0. The molecule has 1 heterocycles. The standard InChI is InChI=1S/C15H27NO2/c1-10(2)12-13(11(3)4)18-9-8-16(14(12)17)15(5,6)7/h10-11H,8-9H2,1-7H3. The molecule has 0 bridgehead atoms. The molecular weight excluding hydrogens is 226 g/mol. The highest BCUT2D eigenvalue weighted by Crippen LogP contribution is 2.29. The lowest BCUT2D eigenvalue weighted by molar-refractivity contribution is -0.132. The van der Waals surface area contributed by atoms with Crippen LogP contribution in [0.4, 0.5) is 0 Å². The number of hydrogen-bond acceptors (Lipinski definition) is 2. The van der Waals surface area contributed by atoms with Gasteiger partial charge in [-0.1, -0.05) is 27.7 Å². The van der Waals surface area contributed by atoms with Crippen LogP contribution in [0.15, 0.2) is 11.3 Å². The molecule has 0 aromatic heterocycles. The van der Waals surface area contributed by atoms with Crippen LogP contribution in [-0.4, -0.2) is 29.5 Å². The van der Waals surface area contributed by atoms with E-state index in [9.17, 15) is 4.79 Å². The van der Waals surface area contributed by atoms with Gasteiger partial charge in [0.25, 0.3) is 5.91 Å². The van der Waals surface area contributed by atoms with Crippen molar-refractivity contribution in [3.8, 4) is 0 Å². The predicted octanol–water partition coefficient (Wildman–Crippen LogP) is 3.21. The molecule has 0 aliphatic carbocycles. The zero-order valence-corrected chi connectivity index (χ0v) is 12.8. The highest BCUT2D eigenvalue weighted by molar-refractivity contribution is 5.95. The summed E-state index contributed by atoms with van der Waals surface area (Å²) in [4.78, 5) is 14.7. The number of hydrogen-bond donors (Lipinski definition) is 0. The smallest absolute Gasteiger partial charge is 0.253 e. The van der Waals surface area contributed by atoms with Crippen LogP contribution in [0.3, 0.4) is 0 Å². The fraction of sp³-hybridized carbons (Fsp3) is 0.800. The first-order valence-corrected chi connectivity index (χ1v) is 6.85. The Kier molecular flexibility index (Phi) is 4.46. The Hall–Kier alpha value is -0.990. The maximum atomic E-state index is 12.7. The molecule has 0 N–H and O–H groups in total. The van der Waals surface area contributed by atoms with E-state index in [1.807, 2.05) is 4.90 Å². The molecule has 0 saturated carbocycles. The molecule has 0 unspecified atom stereocenters. The lowest BCUT2D eigenvalue weighted by Gasteiger charge is -2.35. The van der Waals surface area contributed by atoms with E-state index in [2.05, 4.69) is 48.5 Å². The van der Waals surface area contributed by atoms with E-state index in [-0.39, 0.29) is 23.3 Å². The van der Waals surface area contributed by atoms with Crippen molar-refractivity contribution < 1.29 is 9.53 Å². The molecular formula is C15H27NO2. The van der Waals surface area contributed by atoms with Crippen molar-refractivity contribution in [3.05, 3.63) is 11.3 Å². The zero-order valence-electron chi connectivity index (χ0n) is 12.8. The van der Waals surface area contributed by atoms with Gasteiger partial charge in [-0.3, -0.25) is 4.79 Å². The van der Waals surface area contributed by atoms with Crippen LogP contribution in [-0.2, 0) is 9.53 Å². The molecule has 0 spiro atoms. The summed E-state index contributed by atoms with van der Waals surface area (Å²) < 4.78 is 5.85. The Bertz CT molecular complexity index is 348. The summed E-state index contributed by atoms with van der Waals surface area (Å²) in [5, 5.41) is 0. The molecule has 1 aliphatic heterocycles. The maximum absolute atomic E-state index is 12.7. The minimum Gasteiger partial charge on any atom is -0.495 e. The van der Waals surface area contributed by atoms with Crippen LogP contribution in [0, 0.1) is 11.8 Å². The minimum absolute atomic E-state index is 0.138. The van der Waals surface area contributed by atoms with Crippen LogP contribution in [0.25, 0.3) is 0 Å². The Morgan fingerprint density at radius 1 is 1.11 bits per heavy atom. The van der Waals surface area contributed by atoms with Crippen molar-refractivity contribution in [1.82, 2.24) is 4.90 Å². The molecule has 3 heteroatoms. The molecule has 1 rings (SSSR count). The second-order valence-corrected chi connectivity index (χ2v) is 6.56. The number of ether oxygens (including phenoxy) is 1. The first-order chi connectivity index (χ1) is 8.16. The third-order valence-electron chi connectivity index (χ3n) is 3.22. The van der Waals surface area contributed by atoms with Crippen LogP contribution in [0.1, 0.15) is 48.5 Å². The molecule has 0 aromatic rings.